The van der Waals surface area contributed by atoms with E-state index < -0.39 is 5.97 Å². The fraction of sp³-hybridized carbons (Fsp3) is 0.0435. The Morgan fingerprint density at radius 3 is 2.43 bits per heavy atom. The Balaban J connectivity index is 1.74. The van der Waals surface area contributed by atoms with E-state index in [1.54, 1.807) is 43.3 Å². The average Bonchev–Trinajstić information content (AvgIpc) is 2.69. The van der Waals surface area contributed by atoms with Gasteiger partial charge >= 0.3 is 5.97 Å². The Labute approximate surface area is 166 Å². The van der Waals surface area contributed by atoms with Crippen molar-refractivity contribution in [3.63, 3.8) is 0 Å². The predicted octanol–water partition coefficient (Wildman–Crippen LogP) is 5.64. The fourth-order valence-corrected chi connectivity index (χ4v) is 3.29. The summed E-state index contributed by atoms with van der Waals surface area (Å²) in [5.74, 6) is 0.190. The number of fused-ring (bicyclic) bond motifs is 1. The number of rotatable bonds is 3. The van der Waals surface area contributed by atoms with Gasteiger partial charge < -0.3 is 9.15 Å². The van der Waals surface area contributed by atoms with Gasteiger partial charge in [0.25, 0.3) is 0 Å². The Kier molecular flexibility index (Phi) is 4.72. The Hall–Kier alpha value is -3.37. The molecule has 0 bridgehead atoms. The first-order chi connectivity index (χ1) is 13.5. The van der Waals surface area contributed by atoms with E-state index in [4.69, 9.17) is 20.8 Å². The molecule has 0 aliphatic heterocycles. The first kappa shape index (κ1) is 18.0. The summed E-state index contributed by atoms with van der Waals surface area (Å²) in [5.41, 5.74) is 1.81. The van der Waals surface area contributed by atoms with Gasteiger partial charge in [0, 0.05) is 6.07 Å². The molecule has 0 atom stereocenters. The van der Waals surface area contributed by atoms with E-state index in [1.165, 1.54) is 6.07 Å². The molecule has 0 fully saturated rings. The molecule has 138 valence electrons. The molecule has 0 spiro atoms. The van der Waals surface area contributed by atoms with Crippen molar-refractivity contribution in [2.24, 2.45) is 0 Å². The first-order valence-corrected chi connectivity index (χ1v) is 9.02. The lowest BCUT2D eigenvalue weighted by Gasteiger charge is -2.09. The van der Waals surface area contributed by atoms with Crippen molar-refractivity contribution in [2.45, 2.75) is 6.92 Å². The van der Waals surface area contributed by atoms with Crippen molar-refractivity contribution in [3.05, 3.63) is 99.4 Å². The third-order valence-electron chi connectivity index (χ3n) is 4.41. The van der Waals surface area contributed by atoms with Gasteiger partial charge in [-0.15, -0.1) is 0 Å². The molecule has 0 N–H and O–H groups in total. The van der Waals surface area contributed by atoms with Crippen LogP contribution in [0, 0.1) is 6.92 Å². The van der Waals surface area contributed by atoms with Crippen LogP contribution in [-0.4, -0.2) is 5.97 Å². The molecule has 0 aliphatic carbocycles. The summed E-state index contributed by atoms with van der Waals surface area (Å²) >= 11 is 6.04. The van der Waals surface area contributed by atoms with Crippen LogP contribution in [0.25, 0.3) is 22.1 Å². The highest BCUT2D eigenvalue weighted by Gasteiger charge is 2.16. The quantitative estimate of drug-likeness (QED) is 0.335. The zero-order chi connectivity index (χ0) is 19.7. The van der Waals surface area contributed by atoms with Crippen LogP contribution < -0.4 is 10.2 Å². The molecule has 0 radical (unpaired) electrons. The fourth-order valence-electron chi connectivity index (χ4n) is 3.08. The van der Waals surface area contributed by atoms with Gasteiger partial charge in [-0.1, -0.05) is 54.1 Å². The molecule has 0 saturated carbocycles. The zero-order valence-corrected chi connectivity index (χ0v) is 15.7. The van der Waals surface area contributed by atoms with Gasteiger partial charge in [0.1, 0.15) is 17.1 Å². The van der Waals surface area contributed by atoms with Crippen LogP contribution in [-0.2, 0) is 0 Å². The number of ether oxygens (including phenoxy) is 1. The molecular formula is C23H15ClO4. The van der Waals surface area contributed by atoms with Gasteiger partial charge in [0.2, 0.25) is 5.43 Å². The molecule has 28 heavy (non-hydrogen) atoms. The van der Waals surface area contributed by atoms with Gasteiger partial charge in [-0.3, -0.25) is 4.79 Å². The molecule has 0 unspecified atom stereocenters. The molecule has 1 heterocycles. The van der Waals surface area contributed by atoms with E-state index in [-0.39, 0.29) is 16.7 Å². The highest BCUT2D eigenvalue weighted by molar-refractivity contribution is 6.33. The van der Waals surface area contributed by atoms with Crippen LogP contribution in [0.15, 0.2) is 82.0 Å². The summed E-state index contributed by atoms with van der Waals surface area (Å²) in [7, 11) is 0. The number of benzene rings is 3. The molecule has 4 aromatic rings. The van der Waals surface area contributed by atoms with Gasteiger partial charge in [0.05, 0.1) is 21.5 Å². The molecule has 0 saturated heterocycles. The first-order valence-electron chi connectivity index (χ1n) is 8.64. The number of carbonyl (C=O) groups is 1. The zero-order valence-electron chi connectivity index (χ0n) is 14.9. The monoisotopic (exact) mass is 390 g/mol. The van der Waals surface area contributed by atoms with E-state index in [2.05, 4.69) is 0 Å². The summed E-state index contributed by atoms with van der Waals surface area (Å²) in [6.07, 6.45) is 0. The molecule has 0 aliphatic rings. The van der Waals surface area contributed by atoms with E-state index >= 15 is 0 Å². The minimum atomic E-state index is -0.579. The van der Waals surface area contributed by atoms with Crippen LogP contribution in [0.2, 0.25) is 5.02 Å². The van der Waals surface area contributed by atoms with Gasteiger partial charge in [-0.25, -0.2) is 4.79 Å². The number of carbonyl (C=O) groups excluding carboxylic acids is 1. The average molecular weight is 391 g/mol. The van der Waals surface area contributed by atoms with Crippen LogP contribution in [0.4, 0.5) is 0 Å². The lowest BCUT2D eigenvalue weighted by Crippen LogP contribution is -2.10. The highest BCUT2D eigenvalue weighted by Crippen LogP contribution is 2.27. The molecule has 3 aromatic carbocycles. The largest absolute Gasteiger partial charge is 0.460 e. The molecule has 5 heteroatoms. The summed E-state index contributed by atoms with van der Waals surface area (Å²) in [6.45, 7) is 1.74. The highest BCUT2D eigenvalue weighted by atomic mass is 35.5. The van der Waals surface area contributed by atoms with Crippen molar-refractivity contribution in [1.29, 1.82) is 0 Å². The van der Waals surface area contributed by atoms with Crippen molar-refractivity contribution >= 4 is 28.5 Å². The van der Waals surface area contributed by atoms with Crippen LogP contribution >= 0.6 is 11.6 Å². The van der Waals surface area contributed by atoms with Crippen molar-refractivity contribution in [1.82, 2.24) is 0 Å². The van der Waals surface area contributed by atoms with Crippen molar-refractivity contribution < 1.29 is 13.9 Å². The molecule has 0 amide bonds. The number of aryl methyl sites for hydroxylation is 1. The Bertz CT molecular complexity index is 1240. The second kappa shape index (κ2) is 7.33. The molecule has 4 rings (SSSR count). The Morgan fingerprint density at radius 1 is 0.964 bits per heavy atom. The van der Waals surface area contributed by atoms with E-state index in [9.17, 15) is 9.59 Å². The van der Waals surface area contributed by atoms with Crippen molar-refractivity contribution in [3.8, 4) is 16.9 Å². The number of hydrogen-bond donors (Lipinski definition) is 0. The summed E-state index contributed by atoms with van der Waals surface area (Å²) in [4.78, 5) is 25.3. The molecular weight excluding hydrogens is 376 g/mol. The second-order valence-corrected chi connectivity index (χ2v) is 6.66. The SMILES string of the molecule is Cc1oc2cc(OC(=O)c3ccccc3Cl)ccc2c(=O)c1-c1ccccc1. The lowest BCUT2D eigenvalue weighted by molar-refractivity contribution is 0.0735. The maximum Gasteiger partial charge on any atom is 0.345 e. The van der Waals surface area contributed by atoms with E-state index in [0.29, 0.717) is 27.3 Å². The number of halogens is 1. The molecule has 1 aromatic heterocycles. The smallest absolute Gasteiger partial charge is 0.345 e. The second-order valence-electron chi connectivity index (χ2n) is 6.26. The third kappa shape index (κ3) is 3.30. The van der Waals surface area contributed by atoms with Gasteiger partial charge in [-0.05, 0) is 36.8 Å². The standard InChI is InChI=1S/C23H15ClO4/c1-14-21(15-7-3-2-4-8-15)22(25)18-12-11-16(13-20(18)27-14)28-23(26)17-9-5-6-10-19(17)24/h2-13H,1H3. The Morgan fingerprint density at radius 2 is 1.68 bits per heavy atom. The maximum absolute atomic E-state index is 13.0. The van der Waals surface area contributed by atoms with E-state index in [0.717, 1.165) is 5.56 Å². The van der Waals surface area contributed by atoms with E-state index in [1.807, 2.05) is 30.3 Å². The summed E-state index contributed by atoms with van der Waals surface area (Å²) in [6, 6.07) is 20.7. The van der Waals surface area contributed by atoms with Gasteiger partial charge in [0.15, 0.2) is 0 Å². The van der Waals surface area contributed by atoms with Crippen LogP contribution in [0.1, 0.15) is 16.1 Å². The minimum absolute atomic E-state index is 0.131. The normalized spacial score (nSPS) is 10.8. The van der Waals surface area contributed by atoms with Crippen molar-refractivity contribution in [2.75, 3.05) is 0 Å². The topological polar surface area (TPSA) is 56.5 Å². The predicted molar refractivity (Wildman–Crippen MR) is 109 cm³/mol. The number of esters is 1. The van der Waals surface area contributed by atoms with Crippen LogP contribution in [0.3, 0.4) is 0 Å². The minimum Gasteiger partial charge on any atom is -0.460 e. The maximum atomic E-state index is 13.0. The third-order valence-corrected chi connectivity index (χ3v) is 4.74. The summed E-state index contributed by atoms with van der Waals surface area (Å²) < 4.78 is 11.3. The number of hydrogen-bond acceptors (Lipinski definition) is 4. The van der Waals surface area contributed by atoms with Gasteiger partial charge in [-0.2, -0.15) is 0 Å². The van der Waals surface area contributed by atoms with Crippen LogP contribution in [0.5, 0.6) is 5.75 Å². The lowest BCUT2D eigenvalue weighted by atomic mass is 10.0. The molecule has 4 nitrogen and oxygen atoms in total. The summed E-state index contributed by atoms with van der Waals surface area (Å²) in [5, 5.41) is 0.727.